The number of anilines is 1. The Kier molecular flexibility index (Phi) is 11.8. The molecule has 0 aliphatic carbocycles. The molecule has 0 bridgehead atoms. The lowest BCUT2D eigenvalue weighted by Gasteiger charge is -2.36. The zero-order valence-corrected chi connectivity index (χ0v) is 28.6. The van der Waals surface area contributed by atoms with Gasteiger partial charge in [0.2, 0.25) is 0 Å². The number of amides is 2. The lowest BCUT2D eigenvalue weighted by atomic mass is 10.1. The highest BCUT2D eigenvalue weighted by molar-refractivity contribution is 6.04. The number of rotatable bonds is 13. The third-order valence-electron chi connectivity index (χ3n) is 8.12. The zero-order valence-electron chi connectivity index (χ0n) is 28.6. The lowest BCUT2D eigenvalue weighted by molar-refractivity contribution is 0.0525. The first kappa shape index (κ1) is 36.0. The van der Waals surface area contributed by atoms with Crippen LogP contribution in [0.3, 0.4) is 0 Å². The predicted octanol–water partition coefficient (Wildman–Crippen LogP) is 5.40. The number of aromatic nitrogens is 2. The van der Waals surface area contributed by atoms with Gasteiger partial charge in [-0.3, -0.25) is 14.7 Å². The van der Waals surface area contributed by atoms with Crippen LogP contribution in [0.5, 0.6) is 5.75 Å². The van der Waals surface area contributed by atoms with Gasteiger partial charge in [-0.15, -0.1) is 0 Å². The number of unbranched alkanes of at least 4 members (excludes halogenated alkanes) is 1. The van der Waals surface area contributed by atoms with Crippen molar-refractivity contribution in [3.63, 3.8) is 0 Å². The molecule has 0 atom stereocenters. The van der Waals surface area contributed by atoms with Crippen molar-refractivity contribution in [2.75, 3.05) is 44.2 Å². The number of carboxylic acids is 1. The van der Waals surface area contributed by atoms with Crippen molar-refractivity contribution in [1.29, 1.82) is 0 Å². The van der Waals surface area contributed by atoms with Crippen LogP contribution in [-0.2, 0) is 17.9 Å². The van der Waals surface area contributed by atoms with Crippen LogP contribution in [0.1, 0.15) is 65.6 Å². The molecule has 0 unspecified atom stereocenters. The third-order valence-corrected chi connectivity index (χ3v) is 8.12. The molecular formula is C37H43FN6O6. The zero-order chi connectivity index (χ0) is 35.7. The number of nitrogens with zero attached hydrogens (tertiary/aromatic N) is 4. The topological polar surface area (TPSA) is 146 Å². The quantitative estimate of drug-likeness (QED) is 0.156. The summed E-state index contributed by atoms with van der Waals surface area (Å²) in [6.45, 7) is 9.80. The van der Waals surface area contributed by atoms with E-state index in [9.17, 15) is 23.9 Å². The molecule has 2 aromatic carbocycles. The van der Waals surface area contributed by atoms with Crippen molar-refractivity contribution in [2.45, 2.75) is 52.4 Å². The molecule has 1 fully saturated rings. The molecule has 264 valence electrons. The molecule has 2 amide bonds. The Morgan fingerprint density at radius 2 is 1.72 bits per heavy atom. The SMILES string of the molecule is CC(C)(C)OC(=O)NCCCCN1CCN(c2nc(C(=O)NCc3ccc(F)cc3C(=O)O)c(OCc3ccccc3)c3ncccc23)CC1. The largest absolute Gasteiger partial charge is 0.484 e. The Balaban J connectivity index is 1.32. The lowest BCUT2D eigenvalue weighted by Crippen LogP contribution is -2.47. The van der Waals surface area contributed by atoms with Gasteiger partial charge < -0.3 is 30.1 Å². The number of carboxylic acid groups (broad SMARTS) is 1. The minimum Gasteiger partial charge on any atom is -0.484 e. The first-order valence-corrected chi connectivity index (χ1v) is 16.7. The Labute approximate surface area is 290 Å². The molecular weight excluding hydrogens is 643 g/mol. The van der Waals surface area contributed by atoms with E-state index in [0.717, 1.165) is 55.6 Å². The molecule has 3 heterocycles. The van der Waals surface area contributed by atoms with E-state index in [2.05, 4.69) is 25.4 Å². The fraction of sp³-hybridized carbons (Fsp3) is 0.378. The second-order valence-corrected chi connectivity index (χ2v) is 13.0. The van der Waals surface area contributed by atoms with Crippen molar-refractivity contribution < 1.29 is 33.4 Å². The third kappa shape index (κ3) is 9.65. The molecule has 0 saturated carbocycles. The van der Waals surface area contributed by atoms with Crippen molar-refractivity contribution >= 4 is 34.7 Å². The predicted molar refractivity (Wildman–Crippen MR) is 187 cm³/mol. The molecule has 4 aromatic rings. The van der Waals surface area contributed by atoms with Gasteiger partial charge in [0.05, 0.1) is 5.56 Å². The molecule has 5 rings (SSSR count). The number of ether oxygens (including phenoxy) is 2. The monoisotopic (exact) mass is 686 g/mol. The molecule has 50 heavy (non-hydrogen) atoms. The van der Waals surface area contributed by atoms with Gasteiger partial charge in [-0.25, -0.2) is 19.0 Å². The minimum atomic E-state index is -1.30. The van der Waals surface area contributed by atoms with Gasteiger partial charge in [0.1, 0.15) is 29.4 Å². The number of halogens is 1. The van der Waals surface area contributed by atoms with E-state index in [0.29, 0.717) is 31.0 Å². The van der Waals surface area contributed by atoms with Crippen LogP contribution in [0.15, 0.2) is 66.9 Å². The van der Waals surface area contributed by atoms with E-state index >= 15 is 0 Å². The van der Waals surface area contributed by atoms with Crippen LogP contribution in [0.2, 0.25) is 0 Å². The van der Waals surface area contributed by atoms with Gasteiger partial charge in [0.25, 0.3) is 5.91 Å². The number of alkyl carbamates (subject to hydrolysis) is 1. The summed E-state index contributed by atoms with van der Waals surface area (Å²) in [5.74, 6) is -1.76. The van der Waals surface area contributed by atoms with E-state index in [-0.39, 0.29) is 35.7 Å². The average molecular weight is 687 g/mol. The van der Waals surface area contributed by atoms with Gasteiger partial charge >= 0.3 is 12.1 Å². The number of carbonyl (C=O) groups is 3. The summed E-state index contributed by atoms with van der Waals surface area (Å²) in [6.07, 6.45) is 2.96. The summed E-state index contributed by atoms with van der Waals surface area (Å²) in [5, 5.41) is 15.9. The summed E-state index contributed by atoms with van der Waals surface area (Å²) >= 11 is 0. The number of carbonyl (C=O) groups excluding carboxylic acids is 2. The van der Waals surface area contributed by atoms with Crippen molar-refractivity contribution in [1.82, 2.24) is 25.5 Å². The normalized spacial score (nSPS) is 13.6. The Morgan fingerprint density at radius 3 is 2.44 bits per heavy atom. The molecule has 1 saturated heterocycles. The van der Waals surface area contributed by atoms with Crippen molar-refractivity contribution in [2.24, 2.45) is 0 Å². The van der Waals surface area contributed by atoms with Crippen LogP contribution in [-0.4, -0.2) is 82.8 Å². The van der Waals surface area contributed by atoms with E-state index in [1.54, 1.807) is 6.20 Å². The van der Waals surface area contributed by atoms with Crippen LogP contribution >= 0.6 is 0 Å². The number of pyridine rings is 2. The van der Waals surface area contributed by atoms with Crippen molar-refractivity contribution in [3.8, 4) is 5.75 Å². The average Bonchev–Trinajstić information content (AvgIpc) is 3.09. The summed E-state index contributed by atoms with van der Waals surface area (Å²) < 4.78 is 25.3. The van der Waals surface area contributed by atoms with E-state index in [4.69, 9.17) is 14.5 Å². The van der Waals surface area contributed by atoms with Gasteiger partial charge in [-0.05, 0) is 75.5 Å². The molecule has 1 aliphatic rings. The van der Waals surface area contributed by atoms with E-state index in [1.165, 1.54) is 6.07 Å². The highest BCUT2D eigenvalue weighted by Gasteiger charge is 2.27. The number of benzene rings is 2. The van der Waals surface area contributed by atoms with E-state index < -0.39 is 29.4 Å². The Morgan fingerprint density at radius 1 is 0.960 bits per heavy atom. The molecule has 3 N–H and O–H groups in total. The second kappa shape index (κ2) is 16.4. The highest BCUT2D eigenvalue weighted by atomic mass is 19.1. The number of piperazine rings is 1. The number of hydrogen-bond donors (Lipinski definition) is 3. The van der Waals surface area contributed by atoms with Gasteiger partial charge in [0, 0.05) is 50.9 Å². The number of nitrogens with one attached hydrogen (secondary N) is 2. The number of hydrogen-bond acceptors (Lipinski definition) is 9. The molecule has 13 heteroatoms. The number of fused-ring (bicyclic) bond motifs is 1. The minimum absolute atomic E-state index is 0.0148. The van der Waals surface area contributed by atoms with Gasteiger partial charge in [0.15, 0.2) is 11.4 Å². The fourth-order valence-corrected chi connectivity index (χ4v) is 5.67. The van der Waals surface area contributed by atoms with Crippen molar-refractivity contribution in [3.05, 3.63) is 95.1 Å². The summed E-state index contributed by atoms with van der Waals surface area (Å²) in [7, 11) is 0. The fourth-order valence-electron chi connectivity index (χ4n) is 5.67. The maximum atomic E-state index is 13.8. The van der Waals surface area contributed by atoms with Gasteiger partial charge in [-0.2, -0.15) is 0 Å². The molecule has 12 nitrogen and oxygen atoms in total. The summed E-state index contributed by atoms with van der Waals surface area (Å²) in [5.41, 5.74) is 0.858. The Hall–Kier alpha value is -5.30. The molecule has 0 radical (unpaired) electrons. The van der Waals surface area contributed by atoms with Crippen LogP contribution in [0.4, 0.5) is 15.0 Å². The molecule has 0 spiro atoms. The maximum Gasteiger partial charge on any atom is 0.407 e. The van der Waals surface area contributed by atoms with Gasteiger partial charge in [-0.1, -0.05) is 36.4 Å². The summed E-state index contributed by atoms with van der Waals surface area (Å²) in [6, 6.07) is 16.7. The van der Waals surface area contributed by atoms with Crippen LogP contribution in [0.25, 0.3) is 10.9 Å². The van der Waals surface area contributed by atoms with E-state index in [1.807, 2.05) is 63.2 Å². The first-order valence-electron chi connectivity index (χ1n) is 16.7. The summed E-state index contributed by atoms with van der Waals surface area (Å²) in [4.78, 5) is 51.5. The maximum absolute atomic E-state index is 13.8. The second-order valence-electron chi connectivity index (χ2n) is 13.0. The first-order chi connectivity index (χ1) is 24.0. The Bertz CT molecular complexity index is 1810. The standard InChI is InChI=1S/C37H43FN6O6/c1-37(2,3)50-36(48)40-15-7-8-17-43-18-20-44(21-19-43)33-28-12-9-16-39-30(28)32(49-24-25-10-5-4-6-11-25)31(42-33)34(45)41-23-26-13-14-27(38)22-29(26)35(46)47/h4-6,9-14,16,22H,7-8,15,17-21,23-24H2,1-3H3,(H,40,48)(H,41,45)(H,46,47). The number of aromatic carboxylic acids is 1. The molecule has 1 aliphatic heterocycles. The van der Waals surface area contributed by atoms with Crippen LogP contribution in [0, 0.1) is 5.82 Å². The smallest absolute Gasteiger partial charge is 0.407 e. The highest BCUT2D eigenvalue weighted by Crippen LogP contribution is 2.34. The van der Waals surface area contributed by atoms with Crippen LogP contribution < -0.4 is 20.3 Å². The molecule has 2 aromatic heterocycles.